The lowest BCUT2D eigenvalue weighted by Crippen LogP contribution is -2.66. The van der Waals surface area contributed by atoms with Crippen LogP contribution >= 0.6 is 0 Å². The zero-order chi connectivity index (χ0) is 31.4. The number of alkyl halides is 9. The topological polar surface area (TPSA) is 57.7 Å². The summed E-state index contributed by atoms with van der Waals surface area (Å²) in [4.78, 5) is 13.5. The van der Waals surface area contributed by atoms with Gasteiger partial charge in [0.2, 0.25) is 5.91 Å². The SMILES string of the molecule is CCCCCCCCCCCCCCCCCC(=O)N1CCN(S(=O)(=O)C(F)(F)C(F)(F)C(F)(F)C(F)(F)F)CC1. The van der Waals surface area contributed by atoms with Crippen LogP contribution in [0.5, 0.6) is 0 Å². The highest BCUT2D eigenvalue weighted by atomic mass is 32.2. The van der Waals surface area contributed by atoms with E-state index in [-0.39, 0.29) is 10.7 Å². The average Bonchev–Trinajstić information content (AvgIpc) is 2.89. The number of hydrogen-bond donors (Lipinski definition) is 0. The summed E-state index contributed by atoms with van der Waals surface area (Å²) in [6, 6.07) is 0. The minimum atomic E-state index is -7.30. The number of carbonyl (C=O) groups is 1. The Hall–Kier alpha value is -1.25. The van der Waals surface area contributed by atoms with Crippen molar-refractivity contribution in [3.05, 3.63) is 0 Å². The van der Waals surface area contributed by atoms with Gasteiger partial charge in [-0.2, -0.15) is 43.8 Å². The average molecular weight is 635 g/mol. The van der Waals surface area contributed by atoms with Crippen molar-refractivity contribution in [2.75, 3.05) is 26.2 Å². The van der Waals surface area contributed by atoms with E-state index in [4.69, 9.17) is 0 Å². The first-order valence-corrected chi connectivity index (χ1v) is 15.9. The van der Waals surface area contributed by atoms with Gasteiger partial charge in [0.25, 0.3) is 10.0 Å². The molecule has 41 heavy (non-hydrogen) atoms. The molecule has 1 rings (SSSR count). The molecule has 1 aliphatic rings. The Kier molecular flexibility index (Phi) is 15.3. The molecule has 0 aromatic rings. The monoisotopic (exact) mass is 634 g/mol. The molecule has 0 saturated carbocycles. The number of nitrogens with zero attached hydrogens (tertiary/aromatic N) is 2. The molecule has 0 aromatic heterocycles. The molecule has 1 aliphatic heterocycles. The molecule has 0 N–H and O–H groups in total. The fourth-order valence-electron chi connectivity index (χ4n) is 4.67. The molecule has 0 bridgehead atoms. The third-order valence-corrected chi connectivity index (χ3v) is 9.31. The van der Waals surface area contributed by atoms with Crippen molar-refractivity contribution in [2.24, 2.45) is 0 Å². The second kappa shape index (κ2) is 16.6. The Bertz CT molecular complexity index is 876. The van der Waals surface area contributed by atoms with Crippen molar-refractivity contribution in [3.63, 3.8) is 0 Å². The van der Waals surface area contributed by atoms with Crippen LogP contribution in [0.2, 0.25) is 0 Å². The molecule has 1 heterocycles. The van der Waals surface area contributed by atoms with E-state index in [0.717, 1.165) is 37.0 Å². The maximum absolute atomic E-state index is 14.0. The van der Waals surface area contributed by atoms with Gasteiger partial charge in [0.05, 0.1) is 0 Å². The maximum Gasteiger partial charge on any atom is 0.460 e. The van der Waals surface area contributed by atoms with Gasteiger partial charge in [-0.15, -0.1) is 0 Å². The lowest BCUT2D eigenvalue weighted by atomic mass is 10.0. The van der Waals surface area contributed by atoms with E-state index in [1.54, 1.807) is 0 Å². The summed E-state index contributed by atoms with van der Waals surface area (Å²) in [7, 11) is -6.62. The van der Waals surface area contributed by atoms with Crippen LogP contribution in [-0.2, 0) is 14.8 Å². The van der Waals surface area contributed by atoms with Crippen molar-refractivity contribution < 1.29 is 52.7 Å². The highest BCUT2D eigenvalue weighted by Crippen LogP contribution is 2.55. The van der Waals surface area contributed by atoms with Crippen molar-refractivity contribution in [1.82, 2.24) is 9.21 Å². The van der Waals surface area contributed by atoms with Gasteiger partial charge in [-0.05, 0) is 6.42 Å². The van der Waals surface area contributed by atoms with Crippen LogP contribution in [0.25, 0.3) is 0 Å². The first kappa shape index (κ1) is 37.8. The van der Waals surface area contributed by atoms with Gasteiger partial charge < -0.3 is 4.90 Å². The summed E-state index contributed by atoms with van der Waals surface area (Å²) in [5, 5.41) is -6.75. The van der Waals surface area contributed by atoms with Gasteiger partial charge in [0.1, 0.15) is 0 Å². The highest BCUT2D eigenvalue weighted by molar-refractivity contribution is 7.90. The summed E-state index contributed by atoms with van der Waals surface area (Å²) >= 11 is 0. The van der Waals surface area contributed by atoms with Crippen molar-refractivity contribution in [2.45, 2.75) is 133 Å². The summed E-state index contributed by atoms with van der Waals surface area (Å²) in [6.45, 7) is -0.682. The number of unbranched alkanes of at least 4 members (excludes halogenated alkanes) is 14. The Labute approximate surface area is 237 Å². The van der Waals surface area contributed by atoms with E-state index in [2.05, 4.69) is 6.92 Å². The Balaban J connectivity index is 2.32. The quantitative estimate of drug-likeness (QED) is 0.100. The first-order valence-electron chi connectivity index (χ1n) is 14.4. The third kappa shape index (κ3) is 10.2. The molecule has 5 nitrogen and oxygen atoms in total. The minimum absolute atomic E-state index is 0.0943. The fourth-order valence-corrected chi connectivity index (χ4v) is 6.09. The molecule has 1 fully saturated rings. The van der Waals surface area contributed by atoms with E-state index in [9.17, 15) is 52.7 Å². The molecule has 1 saturated heterocycles. The molecule has 0 aliphatic carbocycles. The molecule has 0 atom stereocenters. The number of amides is 1. The highest BCUT2D eigenvalue weighted by Gasteiger charge is 2.85. The Morgan fingerprint density at radius 1 is 0.585 bits per heavy atom. The second-order valence-corrected chi connectivity index (χ2v) is 12.6. The number of sulfonamides is 1. The van der Waals surface area contributed by atoms with Crippen molar-refractivity contribution in [3.8, 4) is 0 Å². The molecule has 15 heteroatoms. The minimum Gasteiger partial charge on any atom is -0.340 e. The van der Waals surface area contributed by atoms with Crippen LogP contribution in [-0.4, -0.2) is 73.0 Å². The lowest BCUT2D eigenvalue weighted by Gasteiger charge is -2.38. The molecule has 0 unspecified atom stereocenters. The number of rotatable bonds is 20. The summed E-state index contributed by atoms with van der Waals surface area (Å²) in [5.74, 6) is -15.0. The van der Waals surface area contributed by atoms with E-state index < -0.39 is 65.4 Å². The number of hydrogen-bond acceptors (Lipinski definition) is 3. The number of halogens is 9. The predicted octanol–water partition coefficient (Wildman–Crippen LogP) is 8.15. The smallest absolute Gasteiger partial charge is 0.340 e. The molecule has 1 amide bonds. The van der Waals surface area contributed by atoms with E-state index in [0.29, 0.717) is 6.42 Å². The van der Waals surface area contributed by atoms with Crippen LogP contribution < -0.4 is 0 Å². The van der Waals surface area contributed by atoms with Crippen LogP contribution in [0, 0.1) is 0 Å². The number of piperazine rings is 1. The first-order chi connectivity index (χ1) is 18.9. The zero-order valence-corrected chi connectivity index (χ0v) is 24.4. The molecule has 0 radical (unpaired) electrons. The molecular formula is C26H43F9N2O3S. The van der Waals surface area contributed by atoms with Gasteiger partial charge >= 0.3 is 23.3 Å². The number of carbonyl (C=O) groups excluding carboxylic acids is 1. The third-order valence-electron chi connectivity index (χ3n) is 7.37. The van der Waals surface area contributed by atoms with Gasteiger partial charge in [-0.3, -0.25) is 4.79 Å². The maximum atomic E-state index is 14.0. The molecule has 244 valence electrons. The van der Waals surface area contributed by atoms with Crippen LogP contribution in [0.15, 0.2) is 0 Å². The van der Waals surface area contributed by atoms with Crippen molar-refractivity contribution in [1.29, 1.82) is 0 Å². The Morgan fingerprint density at radius 2 is 0.951 bits per heavy atom. The van der Waals surface area contributed by atoms with Crippen LogP contribution in [0.4, 0.5) is 39.5 Å². The molecule has 0 spiro atoms. The van der Waals surface area contributed by atoms with Gasteiger partial charge in [0.15, 0.2) is 0 Å². The largest absolute Gasteiger partial charge is 0.460 e. The fraction of sp³-hybridized carbons (Fsp3) is 0.962. The predicted molar refractivity (Wildman–Crippen MR) is 138 cm³/mol. The Morgan fingerprint density at radius 3 is 1.32 bits per heavy atom. The van der Waals surface area contributed by atoms with Gasteiger partial charge in [-0.1, -0.05) is 96.8 Å². The normalized spacial score (nSPS) is 16.4. The molecule has 0 aromatic carbocycles. The summed E-state index contributed by atoms with van der Waals surface area (Å²) in [6.07, 6.45) is 9.93. The standard InChI is InChI=1S/C26H43F9N2O3S/c1-2-3-4-5-6-7-8-9-10-11-12-13-14-15-16-17-22(38)36-18-20-37(21-19-36)41(39,40)26(34,35)24(29,30)23(27,28)25(31,32)33/h2-21H2,1H3. The lowest BCUT2D eigenvalue weighted by molar-refractivity contribution is -0.382. The summed E-state index contributed by atoms with van der Waals surface area (Å²) in [5.41, 5.74) is 0. The van der Waals surface area contributed by atoms with Gasteiger partial charge in [-0.25, -0.2) is 8.42 Å². The molecular weight excluding hydrogens is 591 g/mol. The van der Waals surface area contributed by atoms with Crippen LogP contribution in [0.3, 0.4) is 0 Å². The summed E-state index contributed by atoms with van der Waals surface area (Å²) < 4.78 is 142. The van der Waals surface area contributed by atoms with E-state index >= 15 is 0 Å². The second-order valence-electron chi connectivity index (χ2n) is 10.6. The van der Waals surface area contributed by atoms with E-state index in [1.807, 2.05) is 0 Å². The van der Waals surface area contributed by atoms with Gasteiger partial charge in [0, 0.05) is 32.6 Å². The zero-order valence-electron chi connectivity index (χ0n) is 23.6. The van der Waals surface area contributed by atoms with E-state index in [1.165, 1.54) is 57.8 Å². The van der Waals surface area contributed by atoms with Crippen LogP contribution in [0.1, 0.15) is 110 Å². The van der Waals surface area contributed by atoms with Crippen molar-refractivity contribution >= 4 is 15.9 Å².